The van der Waals surface area contributed by atoms with Crippen molar-refractivity contribution in [2.45, 2.75) is 6.54 Å². The first-order chi connectivity index (χ1) is 11.2. The Balaban J connectivity index is 1.48. The van der Waals surface area contributed by atoms with Crippen molar-refractivity contribution < 1.29 is 0 Å². The lowest BCUT2D eigenvalue weighted by atomic mass is 10.2. The summed E-state index contributed by atoms with van der Waals surface area (Å²) in [5.74, 6) is 0. The van der Waals surface area contributed by atoms with Crippen LogP contribution in [-0.4, -0.2) is 42.3 Å². The van der Waals surface area contributed by atoms with Crippen LogP contribution < -0.4 is 0 Å². The maximum atomic E-state index is 5.92. The molecule has 5 heteroatoms. The third kappa shape index (κ3) is 4.96. The lowest BCUT2D eigenvalue weighted by Gasteiger charge is -2.33. The molecule has 1 saturated heterocycles. The summed E-state index contributed by atoms with van der Waals surface area (Å²) in [5.41, 5.74) is 2.37. The van der Waals surface area contributed by atoms with Gasteiger partial charge in [-0.25, -0.2) is 0 Å². The summed E-state index contributed by atoms with van der Waals surface area (Å²) in [6.07, 6.45) is 1.89. The van der Waals surface area contributed by atoms with E-state index >= 15 is 0 Å². The Labute approximate surface area is 147 Å². The van der Waals surface area contributed by atoms with Crippen molar-refractivity contribution in [2.24, 2.45) is 5.10 Å². The Hall–Kier alpha value is -1.55. The Kier molecular flexibility index (Phi) is 5.55. The molecule has 0 unspecified atom stereocenters. The van der Waals surface area contributed by atoms with Crippen molar-refractivity contribution in [1.29, 1.82) is 0 Å². The zero-order valence-corrected chi connectivity index (χ0v) is 14.3. The van der Waals surface area contributed by atoms with Gasteiger partial charge in [0.2, 0.25) is 0 Å². The van der Waals surface area contributed by atoms with E-state index in [-0.39, 0.29) is 0 Å². The molecule has 0 aliphatic carbocycles. The van der Waals surface area contributed by atoms with Gasteiger partial charge >= 0.3 is 0 Å². The van der Waals surface area contributed by atoms with E-state index in [1.165, 1.54) is 5.56 Å². The summed E-state index contributed by atoms with van der Waals surface area (Å²) < 4.78 is 0. The number of benzene rings is 2. The molecule has 3 rings (SSSR count). The second kappa shape index (κ2) is 7.82. The quantitative estimate of drug-likeness (QED) is 0.773. The summed E-state index contributed by atoms with van der Waals surface area (Å²) >= 11 is 11.8. The SMILES string of the molecule is Clc1ccc(/C=N\N2CCN(Cc3ccc(Cl)cc3)CC2)cc1. The second-order valence-corrected chi connectivity index (χ2v) is 6.53. The van der Waals surface area contributed by atoms with E-state index < -0.39 is 0 Å². The minimum absolute atomic E-state index is 0.748. The molecule has 0 aromatic heterocycles. The van der Waals surface area contributed by atoms with Crippen molar-refractivity contribution in [3.63, 3.8) is 0 Å². The van der Waals surface area contributed by atoms with E-state index in [4.69, 9.17) is 23.2 Å². The average molecular weight is 348 g/mol. The highest BCUT2D eigenvalue weighted by Gasteiger charge is 2.15. The molecule has 2 aromatic carbocycles. The molecule has 23 heavy (non-hydrogen) atoms. The van der Waals surface area contributed by atoms with Crippen molar-refractivity contribution in [1.82, 2.24) is 9.91 Å². The van der Waals surface area contributed by atoms with Gasteiger partial charge in [-0.2, -0.15) is 5.10 Å². The van der Waals surface area contributed by atoms with Crippen LogP contribution in [0.1, 0.15) is 11.1 Å². The Morgan fingerprint density at radius 3 is 2.00 bits per heavy atom. The fourth-order valence-corrected chi connectivity index (χ4v) is 2.81. The molecule has 0 atom stereocenters. The minimum atomic E-state index is 0.748. The van der Waals surface area contributed by atoms with Gasteiger partial charge < -0.3 is 0 Å². The summed E-state index contributed by atoms with van der Waals surface area (Å²) in [6.45, 7) is 4.88. The van der Waals surface area contributed by atoms with E-state index in [2.05, 4.69) is 27.1 Å². The monoisotopic (exact) mass is 347 g/mol. The van der Waals surface area contributed by atoms with Gasteiger partial charge in [0.1, 0.15) is 0 Å². The van der Waals surface area contributed by atoms with Crippen LogP contribution in [-0.2, 0) is 6.54 Å². The van der Waals surface area contributed by atoms with Gasteiger partial charge in [0.05, 0.1) is 6.21 Å². The Morgan fingerprint density at radius 2 is 1.39 bits per heavy atom. The third-order valence-electron chi connectivity index (χ3n) is 3.91. The van der Waals surface area contributed by atoms with Gasteiger partial charge in [0, 0.05) is 42.8 Å². The zero-order chi connectivity index (χ0) is 16.1. The van der Waals surface area contributed by atoms with Gasteiger partial charge in [-0.1, -0.05) is 47.5 Å². The number of hydrogen-bond donors (Lipinski definition) is 0. The van der Waals surface area contributed by atoms with Gasteiger partial charge in [0.25, 0.3) is 0 Å². The summed E-state index contributed by atoms with van der Waals surface area (Å²) in [7, 11) is 0. The van der Waals surface area contributed by atoms with Crippen molar-refractivity contribution in [2.75, 3.05) is 26.2 Å². The first-order valence-corrected chi connectivity index (χ1v) is 8.46. The fraction of sp³-hybridized carbons (Fsp3) is 0.278. The third-order valence-corrected chi connectivity index (χ3v) is 4.41. The molecule has 1 aliphatic rings. The standard InChI is InChI=1S/C18H19Cl2N3/c19-17-5-1-15(2-6-17)13-21-23-11-9-22(10-12-23)14-16-3-7-18(20)8-4-16/h1-8,13H,9-12,14H2/b21-13-. The number of hydrogen-bond acceptors (Lipinski definition) is 3. The molecule has 0 amide bonds. The van der Waals surface area contributed by atoms with E-state index in [0.29, 0.717) is 0 Å². The highest BCUT2D eigenvalue weighted by atomic mass is 35.5. The molecular formula is C18H19Cl2N3. The summed E-state index contributed by atoms with van der Waals surface area (Å²) in [4.78, 5) is 2.44. The smallest absolute Gasteiger partial charge is 0.0542 e. The fourth-order valence-electron chi connectivity index (χ4n) is 2.56. The van der Waals surface area contributed by atoms with Gasteiger partial charge in [-0.15, -0.1) is 0 Å². The molecule has 2 aromatic rings. The number of nitrogens with zero attached hydrogens (tertiary/aromatic N) is 3. The average Bonchev–Trinajstić information content (AvgIpc) is 2.58. The van der Waals surface area contributed by atoms with Crippen LogP contribution in [0.25, 0.3) is 0 Å². The highest BCUT2D eigenvalue weighted by Crippen LogP contribution is 2.13. The minimum Gasteiger partial charge on any atom is -0.295 e. The van der Waals surface area contributed by atoms with Crippen molar-refractivity contribution in [3.8, 4) is 0 Å². The number of hydrazone groups is 1. The maximum absolute atomic E-state index is 5.92. The Morgan fingerprint density at radius 1 is 0.826 bits per heavy atom. The van der Waals surface area contributed by atoms with Crippen LogP contribution in [0.3, 0.4) is 0 Å². The first-order valence-electron chi connectivity index (χ1n) is 7.70. The topological polar surface area (TPSA) is 18.8 Å². The molecule has 0 N–H and O–H groups in total. The lowest BCUT2D eigenvalue weighted by Crippen LogP contribution is -2.43. The molecule has 1 fully saturated rings. The normalized spacial score (nSPS) is 16.2. The van der Waals surface area contributed by atoms with Crippen LogP contribution in [0, 0.1) is 0 Å². The maximum Gasteiger partial charge on any atom is 0.0542 e. The molecule has 0 saturated carbocycles. The predicted molar refractivity (Wildman–Crippen MR) is 97.3 cm³/mol. The highest BCUT2D eigenvalue weighted by molar-refractivity contribution is 6.30. The van der Waals surface area contributed by atoms with Crippen LogP contribution in [0.4, 0.5) is 0 Å². The van der Waals surface area contributed by atoms with E-state index in [1.807, 2.05) is 42.6 Å². The van der Waals surface area contributed by atoms with Crippen LogP contribution >= 0.6 is 23.2 Å². The number of halogens is 2. The zero-order valence-electron chi connectivity index (χ0n) is 12.8. The molecule has 0 bridgehead atoms. The van der Waals surface area contributed by atoms with E-state index in [9.17, 15) is 0 Å². The predicted octanol–water partition coefficient (Wildman–Crippen LogP) is 4.15. The second-order valence-electron chi connectivity index (χ2n) is 5.65. The van der Waals surface area contributed by atoms with Crippen molar-refractivity contribution in [3.05, 3.63) is 69.7 Å². The molecule has 120 valence electrons. The van der Waals surface area contributed by atoms with Gasteiger partial charge in [-0.3, -0.25) is 9.91 Å². The van der Waals surface area contributed by atoms with E-state index in [1.54, 1.807) is 0 Å². The summed E-state index contributed by atoms with van der Waals surface area (Å²) in [5, 5.41) is 8.21. The van der Waals surface area contributed by atoms with Crippen molar-refractivity contribution >= 4 is 29.4 Å². The summed E-state index contributed by atoms with van der Waals surface area (Å²) in [6, 6.07) is 15.8. The molecule has 1 heterocycles. The largest absolute Gasteiger partial charge is 0.295 e. The lowest BCUT2D eigenvalue weighted by molar-refractivity contribution is 0.131. The molecule has 3 nitrogen and oxygen atoms in total. The molecular weight excluding hydrogens is 329 g/mol. The van der Waals surface area contributed by atoms with Gasteiger partial charge in [-0.05, 0) is 35.4 Å². The first kappa shape index (κ1) is 16.3. The molecule has 0 spiro atoms. The molecule has 1 aliphatic heterocycles. The number of rotatable bonds is 4. The van der Waals surface area contributed by atoms with Crippen LogP contribution in [0.2, 0.25) is 10.0 Å². The van der Waals surface area contributed by atoms with Gasteiger partial charge in [0.15, 0.2) is 0 Å². The molecule has 0 radical (unpaired) electrons. The van der Waals surface area contributed by atoms with Crippen LogP contribution in [0.15, 0.2) is 53.6 Å². The number of piperazine rings is 1. The van der Waals surface area contributed by atoms with Crippen LogP contribution in [0.5, 0.6) is 0 Å². The Bertz CT molecular complexity index is 645. The van der Waals surface area contributed by atoms with E-state index in [0.717, 1.165) is 48.3 Å².